The fourth-order valence-corrected chi connectivity index (χ4v) is 1.33. The fraction of sp³-hybridized carbons (Fsp3) is 0.900. The van der Waals surface area contributed by atoms with Crippen molar-refractivity contribution in [2.75, 3.05) is 0 Å². The number of hydrogen-bond donors (Lipinski definition) is 2. The SMILES string of the molecule is CCCCCCCCC(OO)C(=O)O. The van der Waals surface area contributed by atoms with Crippen molar-refractivity contribution in [3.63, 3.8) is 0 Å². The molecule has 0 amide bonds. The molecule has 0 saturated carbocycles. The summed E-state index contributed by atoms with van der Waals surface area (Å²) in [6, 6.07) is 0. The zero-order valence-electron chi connectivity index (χ0n) is 8.74. The van der Waals surface area contributed by atoms with Crippen molar-refractivity contribution in [2.45, 2.75) is 58.0 Å². The van der Waals surface area contributed by atoms with Gasteiger partial charge in [0.25, 0.3) is 0 Å². The van der Waals surface area contributed by atoms with E-state index in [4.69, 9.17) is 10.4 Å². The van der Waals surface area contributed by atoms with Crippen molar-refractivity contribution in [2.24, 2.45) is 0 Å². The van der Waals surface area contributed by atoms with Gasteiger partial charge in [0.1, 0.15) is 0 Å². The number of hydrogen-bond acceptors (Lipinski definition) is 3. The molecular weight excluding hydrogens is 184 g/mol. The Labute approximate surface area is 84.8 Å². The third-order valence-corrected chi connectivity index (χ3v) is 2.22. The van der Waals surface area contributed by atoms with Gasteiger partial charge in [0.2, 0.25) is 0 Å². The summed E-state index contributed by atoms with van der Waals surface area (Å²) < 4.78 is 0. The van der Waals surface area contributed by atoms with Gasteiger partial charge in [-0.05, 0) is 6.42 Å². The third-order valence-electron chi connectivity index (χ3n) is 2.22. The smallest absolute Gasteiger partial charge is 0.336 e. The third kappa shape index (κ3) is 6.86. The highest BCUT2D eigenvalue weighted by atomic mass is 17.1. The van der Waals surface area contributed by atoms with Gasteiger partial charge >= 0.3 is 5.97 Å². The van der Waals surface area contributed by atoms with Crippen molar-refractivity contribution >= 4 is 5.97 Å². The maximum atomic E-state index is 10.4. The zero-order valence-corrected chi connectivity index (χ0v) is 8.74. The lowest BCUT2D eigenvalue weighted by Crippen LogP contribution is -2.22. The van der Waals surface area contributed by atoms with Crippen LogP contribution in [0.3, 0.4) is 0 Å². The van der Waals surface area contributed by atoms with Crippen LogP contribution in [0.15, 0.2) is 0 Å². The quantitative estimate of drug-likeness (QED) is 0.344. The molecular formula is C10H20O4. The van der Waals surface area contributed by atoms with E-state index < -0.39 is 12.1 Å². The number of rotatable bonds is 9. The molecule has 0 spiro atoms. The van der Waals surface area contributed by atoms with Crippen molar-refractivity contribution in [3.8, 4) is 0 Å². The van der Waals surface area contributed by atoms with Crippen molar-refractivity contribution in [3.05, 3.63) is 0 Å². The molecule has 14 heavy (non-hydrogen) atoms. The van der Waals surface area contributed by atoms with Crippen LogP contribution in [-0.4, -0.2) is 22.4 Å². The molecule has 0 aliphatic carbocycles. The van der Waals surface area contributed by atoms with E-state index in [0.717, 1.165) is 19.3 Å². The summed E-state index contributed by atoms with van der Waals surface area (Å²) in [5.74, 6) is -1.10. The Bertz CT molecular complexity index is 147. The number of carboxylic acid groups (broad SMARTS) is 1. The highest BCUT2D eigenvalue weighted by molar-refractivity contribution is 5.72. The van der Waals surface area contributed by atoms with Crippen LogP contribution in [0, 0.1) is 0 Å². The minimum atomic E-state index is -1.10. The first-order valence-corrected chi connectivity index (χ1v) is 5.25. The average molecular weight is 204 g/mol. The second-order valence-electron chi connectivity index (χ2n) is 3.49. The number of carboxylic acids is 1. The Kier molecular flexibility index (Phi) is 8.57. The first-order valence-electron chi connectivity index (χ1n) is 5.25. The molecule has 1 unspecified atom stereocenters. The van der Waals surface area contributed by atoms with Crippen LogP contribution >= 0.6 is 0 Å². The molecule has 0 fully saturated rings. The van der Waals surface area contributed by atoms with Gasteiger partial charge in [-0.15, -0.1) is 0 Å². The highest BCUT2D eigenvalue weighted by Crippen LogP contribution is 2.09. The van der Waals surface area contributed by atoms with Crippen LogP contribution < -0.4 is 0 Å². The van der Waals surface area contributed by atoms with Gasteiger partial charge in [-0.3, -0.25) is 5.26 Å². The summed E-state index contributed by atoms with van der Waals surface area (Å²) in [6.07, 6.45) is 5.91. The second kappa shape index (κ2) is 8.97. The molecule has 0 heterocycles. The van der Waals surface area contributed by atoms with Gasteiger partial charge in [-0.25, -0.2) is 9.68 Å². The molecule has 0 aliphatic rings. The van der Waals surface area contributed by atoms with E-state index in [1.54, 1.807) is 0 Å². The monoisotopic (exact) mass is 204 g/mol. The van der Waals surface area contributed by atoms with Crippen LogP contribution in [0.5, 0.6) is 0 Å². The minimum absolute atomic E-state index is 0.387. The molecule has 0 aromatic rings. The normalized spacial score (nSPS) is 12.7. The molecule has 0 saturated heterocycles. The van der Waals surface area contributed by atoms with E-state index >= 15 is 0 Å². The summed E-state index contributed by atoms with van der Waals surface area (Å²) in [5, 5.41) is 16.8. The highest BCUT2D eigenvalue weighted by Gasteiger charge is 2.16. The van der Waals surface area contributed by atoms with Crippen LogP contribution in [-0.2, 0) is 9.68 Å². The number of carbonyl (C=O) groups is 1. The zero-order chi connectivity index (χ0) is 10.8. The summed E-state index contributed by atoms with van der Waals surface area (Å²) in [5.41, 5.74) is 0. The minimum Gasteiger partial charge on any atom is -0.479 e. The molecule has 0 aliphatic heterocycles. The Balaban J connectivity index is 3.29. The lowest BCUT2D eigenvalue weighted by Gasteiger charge is -2.07. The van der Waals surface area contributed by atoms with Crippen molar-refractivity contribution in [1.82, 2.24) is 0 Å². The first kappa shape index (κ1) is 13.4. The standard InChI is InChI=1S/C10H20O4/c1-2-3-4-5-6-7-8-9(14-13)10(11)12/h9,13H,2-8H2,1H3,(H,11,12). The largest absolute Gasteiger partial charge is 0.479 e. The van der Waals surface area contributed by atoms with E-state index in [1.807, 2.05) is 0 Å². The van der Waals surface area contributed by atoms with Gasteiger partial charge in [0.05, 0.1) is 0 Å². The lowest BCUT2D eigenvalue weighted by atomic mass is 10.1. The average Bonchev–Trinajstić information content (AvgIpc) is 2.16. The van der Waals surface area contributed by atoms with E-state index in [2.05, 4.69) is 11.8 Å². The van der Waals surface area contributed by atoms with E-state index in [1.165, 1.54) is 19.3 Å². The van der Waals surface area contributed by atoms with Crippen LogP contribution in [0.25, 0.3) is 0 Å². The topological polar surface area (TPSA) is 66.8 Å². The van der Waals surface area contributed by atoms with Crippen LogP contribution in [0.4, 0.5) is 0 Å². The predicted octanol–water partition coefficient (Wildman–Crippen LogP) is 2.68. The second-order valence-corrected chi connectivity index (χ2v) is 3.49. The fourth-order valence-electron chi connectivity index (χ4n) is 1.33. The Morgan fingerprint density at radius 2 is 1.79 bits per heavy atom. The molecule has 0 aromatic heterocycles. The van der Waals surface area contributed by atoms with Crippen molar-refractivity contribution in [1.29, 1.82) is 0 Å². The van der Waals surface area contributed by atoms with Gasteiger partial charge in [-0.2, -0.15) is 0 Å². The molecule has 4 nitrogen and oxygen atoms in total. The molecule has 1 atom stereocenters. The number of unbranched alkanes of at least 4 members (excludes halogenated alkanes) is 5. The number of aliphatic carboxylic acids is 1. The maximum Gasteiger partial charge on any atom is 0.336 e. The first-order chi connectivity index (χ1) is 6.72. The molecule has 0 radical (unpaired) electrons. The van der Waals surface area contributed by atoms with Gasteiger partial charge in [0.15, 0.2) is 6.10 Å². The van der Waals surface area contributed by atoms with Crippen LogP contribution in [0.2, 0.25) is 0 Å². The van der Waals surface area contributed by atoms with E-state index in [9.17, 15) is 4.79 Å². The lowest BCUT2D eigenvalue weighted by molar-refractivity contribution is -0.277. The molecule has 84 valence electrons. The maximum absolute atomic E-state index is 10.4. The Morgan fingerprint density at radius 1 is 1.21 bits per heavy atom. The van der Waals surface area contributed by atoms with E-state index in [0.29, 0.717) is 6.42 Å². The molecule has 2 N–H and O–H groups in total. The van der Waals surface area contributed by atoms with Gasteiger partial charge in [0, 0.05) is 0 Å². The molecule has 0 rings (SSSR count). The summed E-state index contributed by atoms with van der Waals surface area (Å²) in [7, 11) is 0. The molecule has 0 bridgehead atoms. The van der Waals surface area contributed by atoms with Crippen molar-refractivity contribution < 1.29 is 20.0 Å². The molecule has 4 heteroatoms. The Morgan fingerprint density at radius 3 is 2.29 bits per heavy atom. The molecule has 0 aromatic carbocycles. The Hall–Kier alpha value is -0.610. The summed E-state index contributed by atoms with van der Waals surface area (Å²) in [6.45, 7) is 2.15. The van der Waals surface area contributed by atoms with Gasteiger partial charge in [-0.1, -0.05) is 45.4 Å². The van der Waals surface area contributed by atoms with Gasteiger partial charge < -0.3 is 5.11 Å². The van der Waals surface area contributed by atoms with E-state index in [-0.39, 0.29) is 0 Å². The summed E-state index contributed by atoms with van der Waals surface area (Å²) in [4.78, 5) is 14.3. The van der Waals surface area contributed by atoms with Crippen LogP contribution in [0.1, 0.15) is 51.9 Å². The summed E-state index contributed by atoms with van der Waals surface area (Å²) >= 11 is 0. The predicted molar refractivity (Wildman–Crippen MR) is 53.1 cm³/mol.